The molecule has 2 amide bonds. The van der Waals surface area contributed by atoms with E-state index < -0.39 is 0 Å². The van der Waals surface area contributed by atoms with Gasteiger partial charge < -0.3 is 6.15 Å². The molecule has 0 saturated heterocycles. The molecule has 0 spiro atoms. The van der Waals surface area contributed by atoms with Gasteiger partial charge in [-0.3, -0.25) is 14.9 Å². The number of benzene rings is 1. The van der Waals surface area contributed by atoms with Crippen LogP contribution in [0, 0.1) is 0 Å². The molecule has 0 bridgehead atoms. The van der Waals surface area contributed by atoms with Crippen LogP contribution in [0.3, 0.4) is 0 Å². The molecule has 1 aromatic carbocycles. The summed E-state index contributed by atoms with van der Waals surface area (Å²) >= 11 is 3.35. The summed E-state index contributed by atoms with van der Waals surface area (Å²) in [4.78, 5) is 22.9. The molecule has 1 aromatic rings. The van der Waals surface area contributed by atoms with Crippen LogP contribution in [0.15, 0.2) is 18.2 Å². The van der Waals surface area contributed by atoms with E-state index in [1.54, 1.807) is 6.07 Å². The van der Waals surface area contributed by atoms with Crippen LogP contribution >= 0.6 is 15.9 Å². The maximum atomic E-state index is 11.5. The van der Waals surface area contributed by atoms with Crippen LogP contribution in [0.5, 0.6) is 0 Å². The molecule has 1 heterocycles. The van der Waals surface area contributed by atoms with E-state index in [4.69, 9.17) is 0 Å². The number of carbonyl (C=O) groups excluding carboxylic acids is 2. The number of carbonyl (C=O) groups is 2. The van der Waals surface area contributed by atoms with Crippen molar-refractivity contribution >= 4 is 27.7 Å². The number of hydrogen-bond acceptors (Lipinski definition) is 3. The molecule has 0 saturated carbocycles. The monoisotopic (exact) mass is 284 g/mol. The molecule has 4 nitrogen and oxygen atoms in total. The largest absolute Gasteiger partial charge is 0.344 e. The van der Waals surface area contributed by atoms with Gasteiger partial charge in [0.2, 0.25) is 0 Å². The maximum absolute atomic E-state index is 11.5. The van der Waals surface area contributed by atoms with Gasteiger partial charge in [-0.1, -0.05) is 28.1 Å². The quantitative estimate of drug-likeness (QED) is 0.658. The Bertz CT molecular complexity index is 432. The van der Waals surface area contributed by atoms with Crippen LogP contribution in [-0.4, -0.2) is 17.1 Å². The zero-order valence-electron chi connectivity index (χ0n) is 8.75. The van der Waals surface area contributed by atoms with Crippen LogP contribution in [0.1, 0.15) is 32.7 Å². The van der Waals surface area contributed by atoms with E-state index in [2.05, 4.69) is 21.2 Å². The molecule has 1 aliphatic heterocycles. The Morgan fingerprint density at radius 1 is 1.19 bits per heavy atom. The second-order valence-electron chi connectivity index (χ2n) is 3.42. The third-order valence-corrected chi connectivity index (χ3v) is 2.99. The van der Waals surface area contributed by atoms with Crippen LogP contribution in [0.2, 0.25) is 0 Å². The first kappa shape index (κ1) is 12.9. The summed E-state index contributed by atoms with van der Waals surface area (Å²) in [5.74, 6) is -0.545. The lowest BCUT2D eigenvalue weighted by Gasteiger charge is -2.03. The molecule has 0 atom stereocenters. The molecule has 0 fully saturated rings. The highest BCUT2D eigenvalue weighted by atomic mass is 79.9. The second kappa shape index (κ2) is 5.23. The van der Waals surface area contributed by atoms with E-state index >= 15 is 0 Å². The van der Waals surface area contributed by atoms with Gasteiger partial charge in [-0.05, 0) is 24.5 Å². The molecule has 86 valence electrons. The zero-order valence-corrected chi connectivity index (χ0v) is 10.3. The predicted octanol–water partition coefficient (Wildman–Crippen LogP) is 2.06. The zero-order chi connectivity index (χ0) is 10.8. The Morgan fingerprint density at radius 3 is 2.62 bits per heavy atom. The Labute approximate surface area is 102 Å². The average Bonchev–Trinajstić information content (AvgIpc) is 2.53. The van der Waals surface area contributed by atoms with Crippen LogP contribution < -0.4 is 11.5 Å². The minimum Gasteiger partial charge on any atom is -0.344 e. The molecular weight excluding hydrogens is 272 g/mol. The van der Waals surface area contributed by atoms with Gasteiger partial charge in [0.15, 0.2) is 0 Å². The van der Waals surface area contributed by atoms with Gasteiger partial charge in [-0.2, -0.15) is 0 Å². The predicted molar refractivity (Wildman–Crippen MR) is 65.4 cm³/mol. The highest BCUT2D eigenvalue weighted by Gasteiger charge is 2.28. The first-order valence-corrected chi connectivity index (χ1v) is 5.89. The number of aryl methyl sites for hydroxylation is 1. The highest BCUT2D eigenvalue weighted by molar-refractivity contribution is 9.09. The number of imide groups is 1. The van der Waals surface area contributed by atoms with E-state index in [0.717, 1.165) is 23.7 Å². The minimum absolute atomic E-state index is 0. The van der Waals surface area contributed by atoms with E-state index in [1.165, 1.54) is 0 Å². The summed E-state index contributed by atoms with van der Waals surface area (Å²) in [5, 5.41) is 3.20. The van der Waals surface area contributed by atoms with E-state index in [1.807, 2.05) is 12.1 Å². The fourth-order valence-corrected chi connectivity index (χ4v) is 2.04. The summed E-state index contributed by atoms with van der Waals surface area (Å²) in [6, 6.07) is 5.41. The molecule has 1 aliphatic rings. The van der Waals surface area contributed by atoms with Crippen molar-refractivity contribution in [1.29, 1.82) is 0 Å². The summed E-state index contributed by atoms with van der Waals surface area (Å²) in [6.07, 6.45) is 1.77. The Kier molecular flexibility index (Phi) is 4.20. The molecule has 4 N–H and O–H groups in total. The molecular formula is C11H13BrN2O2. The highest BCUT2D eigenvalue weighted by Crippen LogP contribution is 2.21. The number of fused-ring (bicyclic) bond motifs is 1. The Morgan fingerprint density at radius 2 is 1.94 bits per heavy atom. The topological polar surface area (TPSA) is 81.2 Å². The lowest BCUT2D eigenvalue weighted by Crippen LogP contribution is -2.20. The van der Waals surface area contributed by atoms with Crippen molar-refractivity contribution in [2.24, 2.45) is 0 Å². The number of amides is 2. The van der Waals surface area contributed by atoms with Crippen molar-refractivity contribution in [2.45, 2.75) is 12.8 Å². The van der Waals surface area contributed by atoms with Gasteiger partial charge in [-0.25, -0.2) is 0 Å². The van der Waals surface area contributed by atoms with E-state index in [-0.39, 0.29) is 18.0 Å². The second-order valence-corrected chi connectivity index (χ2v) is 4.21. The lowest BCUT2D eigenvalue weighted by molar-refractivity contribution is 0.0879. The summed E-state index contributed by atoms with van der Waals surface area (Å²) in [5.41, 5.74) is 2.02. The van der Waals surface area contributed by atoms with E-state index in [9.17, 15) is 9.59 Å². The van der Waals surface area contributed by atoms with Gasteiger partial charge in [0.1, 0.15) is 0 Å². The number of nitrogens with one attached hydrogen (secondary N) is 1. The molecule has 16 heavy (non-hydrogen) atoms. The Balaban J connectivity index is 0.00000128. The normalized spacial score (nSPS) is 13.1. The molecule has 5 heteroatoms. The average molecular weight is 285 g/mol. The summed E-state index contributed by atoms with van der Waals surface area (Å²) in [6.45, 7) is 0. The first-order chi connectivity index (χ1) is 7.24. The number of halogens is 1. The van der Waals surface area contributed by atoms with Gasteiger partial charge in [0.05, 0.1) is 11.1 Å². The molecule has 0 unspecified atom stereocenters. The molecule has 0 aromatic heterocycles. The van der Waals surface area contributed by atoms with Crippen molar-refractivity contribution < 1.29 is 9.59 Å². The number of alkyl halides is 1. The SMILES string of the molecule is N.O=C1NC(=O)c2c(CCCBr)cccc21. The standard InChI is InChI=1S/C11H10BrNO2.H3N/c12-6-2-4-7-3-1-5-8-9(7)11(15)13-10(8)14;/h1,3,5H,2,4,6H2,(H,13,14,15);1H3. The summed E-state index contributed by atoms with van der Waals surface area (Å²) in [7, 11) is 0. The van der Waals surface area contributed by atoms with Gasteiger partial charge in [0, 0.05) is 5.33 Å². The van der Waals surface area contributed by atoms with Crippen molar-refractivity contribution in [3.05, 3.63) is 34.9 Å². The number of hydrogen-bond donors (Lipinski definition) is 2. The first-order valence-electron chi connectivity index (χ1n) is 4.77. The van der Waals surface area contributed by atoms with Crippen molar-refractivity contribution in [3.8, 4) is 0 Å². The minimum atomic E-state index is -0.282. The lowest BCUT2D eigenvalue weighted by atomic mass is 9.99. The van der Waals surface area contributed by atoms with Gasteiger partial charge >= 0.3 is 0 Å². The maximum Gasteiger partial charge on any atom is 0.259 e. The fourth-order valence-electron chi connectivity index (χ4n) is 1.76. The third kappa shape index (κ3) is 2.15. The van der Waals surface area contributed by atoms with Crippen molar-refractivity contribution in [2.75, 3.05) is 5.33 Å². The van der Waals surface area contributed by atoms with Crippen LogP contribution in [0.4, 0.5) is 0 Å². The molecule has 2 rings (SSSR count). The molecule has 0 aliphatic carbocycles. The Hall–Kier alpha value is -1.20. The van der Waals surface area contributed by atoms with Gasteiger partial charge in [0.25, 0.3) is 11.8 Å². The number of rotatable bonds is 3. The van der Waals surface area contributed by atoms with Crippen molar-refractivity contribution in [1.82, 2.24) is 11.5 Å². The van der Waals surface area contributed by atoms with Crippen LogP contribution in [-0.2, 0) is 6.42 Å². The fraction of sp³-hybridized carbons (Fsp3) is 0.273. The van der Waals surface area contributed by atoms with Crippen LogP contribution in [0.25, 0.3) is 0 Å². The van der Waals surface area contributed by atoms with Gasteiger partial charge in [-0.15, -0.1) is 0 Å². The third-order valence-electron chi connectivity index (χ3n) is 2.43. The molecule has 0 radical (unpaired) electrons. The summed E-state index contributed by atoms with van der Waals surface area (Å²) < 4.78 is 0. The smallest absolute Gasteiger partial charge is 0.259 e. The van der Waals surface area contributed by atoms with E-state index in [0.29, 0.717) is 11.1 Å². The van der Waals surface area contributed by atoms with Crippen molar-refractivity contribution in [3.63, 3.8) is 0 Å².